The number of nitrogens with zero attached hydrogens (tertiary/aromatic N) is 2. The SMILES string of the molecule is CNCc1occc1Cc1nccn1C. The summed E-state index contributed by atoms with van der Waals surface area (Å²) in [7, 11) is 3.91. The van der Waals surface area contributed by atoms with Crippen molar-refractivity contribution in [1.82, 2.24) is 14.9 Å². The highest BCUT2D eigenvalue weighted by atomic mass is 16.3. The second-order valence-electron chi connectivity index (χ2n) is 3.53. The highest BCUT2D eigenvalue weighted by molar-refractivity contribution is 5.21. The molecule has 0 aliphatic heterocycles. The number of hydrogen-bond acceptors (Lipinski definition) is 3. The fraction of sp³-hybridized carbons (Fsp3) is 0.364. The fourth-order valence-corrected chi connectivity index (χ4v) is 1.58. The molecule has 0 aliphatic rings. The quantitative estimate of drug-likeness (QED) is 0.818. The van der Waals surface area contributed by atoms with Gasteiger partial charge in [0.1, 0.15) is 11.6 Å². The molecule has 80 valence electrons. The van der Waals surface area contributed by atoms with Crippen molar-refractivity contribution < 1.29 is 4.42 Å². The lowest BCUT2D eigenvalue weighted by atomic mass is 10.1. The topological polar surface area (TPSA) is 43.0 Å². The smallest absolute Gasteiger partial charge is 0.121 e. The van der Waals surface area contributed by atoms with Gasteiger partial charge >= 0.3 is 0 Å². The summed E-state index contributed by atoms with van der Waals surface area (Å²) in [6.45, 7) is 0.757. The number of imidazole rings is 1. The molecule has 15 heavy (non-hydrogen) atoms. The Kier molecular flexibility index (Phi) is 2.87. The van der Waals surface area contributed by atoms with Crippen LogP contribution in [-0.2, 0) is 20.0 Å². The zero-order valence-electron chi connectivity index (χ0n) is 9.03. The van der Waals surface area contributed by atoms with Crippen LogP contribution in [0.1, 0.15) is 17.1 Å². The number of aryl methyl sites for hydroxylation is 1. The third kappa shape index (κ3) is 2.10. The van der Waals surface area contributed by atoms with E-state index in [1.807, 2.05) is 37.1 Å². The summed E-state index contributed by atoms with van der Waals surface area (Å²) in [6, 6.07) is 2.00. The third-order valence-electron chi connectivity index (χ3n) is 2.44. The van der Waals surface area contributed by atoms with Crippen LogP contribution in [0.3, 0.4) is 0 Å². The number of furan rings is 1. The van der Waals surface area contributed by atoms with E-state index in [1.165, 1.54) is 5.56 Å². The van der Waals surface area contributed by atoms with Crippen LogP contribution in [0.5, 0.6) is 0 Å². The minimum absolute atomic E-state index is 0.757. The average Bonchev–Trinajstić information content (AvgIpc) is 2.80. The van der Waals surface area contributed by atoms with E-state index in [2.05, 4.69) is 10.3 Å². The second kappa shape index (κ2) is 4.31. The van der Waals surface area contributed by atoms with Crippen molar-refractivity contribution in [2.24, 2.45) is 7.05 Å². The van der Waals surface area contributed by atoms with Crippen LogP contribution >= 0.6 is 0 Å². The van der Waals surface area contributed by atoms with Gasteiger partial charge in [0.25, 0.3) is 0 Å². The summed E-state index contributed by atoms with van der Waals surface area (Å²) in [6.07, 6.45) is 6.31. The Morgan fingerprint density at radius 1 is 1.53 bits per heavy atom. The molecule has 0 amide bonds. The lowest BCUT2D eigenvalue weighted by molar-refractivity contribution is 0.491. The summed E-state index contributed by atoms with van der Waals surface area (Å²) in [5.74, 6) is 2.04. The van der Waals surface area contributed by atoms with Crippen LogP contribution in [0.25, 0.3) is 0 Å². The summed E-state index contributed by atoms with van der Waals surface area (Å²) in [4.78, 5) is 4.29. The number of rotatable bonds is 4. The lowest BCUT2D eigenvalue weighted by Gasteiger charge is -2.02. The minimum Gasteiger partial charge on any atom is -0.468 e. The van der Waals surface area contributed by atoms with Crippen LogP contribution in [0, 0.1) is 0 Å². The summed E-state index contributed by atoms with van der Waals surface area (Å²) in [5.41, 5.74) is 1.19. The van der Waals surface area contributed by atoms with E-state index in [0.717, 1.165) is 24.6 Å². The van der Waals surface area contributed by atoms with Crippen LogP contribution in [-0.4, -0.2) is 16.6 Å². The van der Waals surface area contributed by atoms with Crippen molar-refractivity contribution in [2.45, 2.75) is 13.0 Å². The number of nitrogens with one attached hydrogen (secondary N) is 1. The molecule has 0 spiro atoms. The standard InChI is InChI=1S/C11H15N3O/c1-12-8-10-9(3-6-15-10)7-11-13-4-5-14(11)2/h3-6,12H,7-8H2,1-2H3. The third-order valence-corrected chi connectivity index (χ3v) is 2.44. The van der Waals surface area contributed by atoms with Crippen molar-refractivity contribution in [3.8, 4) is 0 Å². The molecule has 2 heterocycles. The first-order valence-electron chi connectivity index (χ1n) is 4.97. The zero-order chi connectivity index (χ0) is 10.7. The van der Waals surface area contributed by atoms with Gasteiger partial charge in [-0.05, 0) is 13.1 Å². The van der Waals surface area contributed by atoms with Crippen LogP contribution < -0.4 is 5.32 Å². The maximum atomic E-state index is 5.39. The Balaban J connectivity index is 2.17. The van der Waals surface area contributed by atoms with Crippen molar-refractivity contribution in [2.75, 3.05) is 7.05 Å². The van der Waals surface area contributed by atoms with Gasteiger partial charge in [-0.25, -0.2) is 4.98 Å². The normalized spacial score (nSPS) is 10.8. The predicted molar refractivity (Wildman–Crippen MR) is 57.5 cm³/mol. The first kappa shape index (κ1) is 9.98. The van der Waals surface area contributed by atoms with Crippen LogP contribution in [0.2, 0.25) is 0 Å². The highest BCUT2D eigenvalue weighted by Gasteiger charge is 2.08. The van der Waals surface area contributed by atoms with E-state index in [-0.39, 0.29) is 0 Å². The van der Waals surface area contributed by atoms with Crippen molar-refractivity contribution in [1.29, 1.82) is 0 Å². The maximum Gasteiger partial charge on any atom is 0.121 e. The molecule has 0 bridgehead atoms. The molecule has 0 saturated heterocycles. The summed E-state index contributed by atoms with van der Waals surface area (Å²) in [5, 5.41) is 3.08. The number of aromatic nitrogens is 2. The van der Waals surface area contributed by atoms with Crippen molar-refractivity contribution in [3.05, 3.63) is 41.9 Å². The molecule has 0 aliphatic carbocycles. The Hall–Kier alpha value is -1.55. The molecule has 2 aromatic rings. The summed E-state index contributed by atoms with van der Waals surface area (Å²) >= 11 is 0. The van der Waals surface area contributed by atoms with E-state index >= 15 is 0 Å². The Labute approximate surface area is 88.9 Å². The van der Waals surface area contributed by atoms with Gasteiger partial charge in [0, 0.05) is 31.4 Å². The van der Waals surface area contributed by atoms with Gasteiger partial charge < -0.3 is 14.3 Å². The first-order chi connectivity index (χ1) is 7.31. The van der Waals surface area contributed by atoms with E-state index in [9.17, 15) is 0 Å². The molecule has 0 saturated carbocycles. The van der Waals surface area contributed by atoms with E-state index in [4.69, 9.17) is 4.42 Å². The molecule has 0 aromatic carbocycles. The largest absolute Gasteiger partial charge is 0.468 e. The van der Waals surface area contributed by atoms with Gasteiger partial charge in [-0.1, -0.05) is 0 Å². The molecule has 4 heteroatoms. The zero-order valence-corrected chi connectivity index (χ0v) is 9.03. The maximum absolute atomic E-state index is 5.39. The fourth-order valence-electron chi connectivity index (χ4n) is 1.58. The second-order valence-corrected chi connectivity index (χ2v) is 3.53. The lowest BCUT2D eigenvalue weighted by Crippen LogP contribution is -2.07. The molecular weight excluding hydrogens is 190 g/mol. The molecular formula is C11H15N3O. The van der Waals surface area contributed by atoms with Crippen molar-refractivity contribution in [3.63, 3.8) is 0 Å². The van der Waals surface area contributed by atoms with Crippen LogP contribution in [0.4, 0.5) is 0 Å². The molecule has 0 fully saturated rings. The first-order valence-corrected chi connectivity index (χ1v) is 4.97. The van der Waals surface area contributed by atoms with Crippen LogP contribution in [0.15, 0.2) is 29.1 Å². The Bertz CT molecular complexity index is 430. The van der Waals surface area contributed by atoms with Gasteiger partial charge in [-0.3, -0.25) is 0 Å². The van der Waals surface area contributed by atoms with E-state index in [0.29, 0.717) is 0 Å². The summed E-state index contributed by atoms with van der Waals surface area (Å²) < 4.78 is 7.42. The minimum atomic E-state index is 0.757. The molecule has 1 N–H and O–H groups in total. The molecule has 0 unspecified atom stereocenters. The average molecular weight is 205 g/mol. The van der Waals surface area contributed by atoms with Gasteiger partial charge in [0.05, 0.1) is 12.8 Å². The van der Waals surface area contributed by atoms with Gasteiger partial charge in [0.15, 0.2) is 0 Å². The van der Waals surface area contributed by atoms with E-state index in [1.54, 1.807) is 6.26 Å². The van der Waals surface area contributed by atoms with Gasteiger partial charge in [0.2, 0.25) is 0 Å². The molecule has 0 radical (unpaired) electrons. The van der Waals surface area contributed by atoms with Gasteiger partial charge in [-0.15, -0.1) is 0 Å². The number of hydrogen-bond donors (Lipinski definition) is 1. The highest BCUT2D eigenvalue weighted by Crippen LogP contribution is 2.14. The predicted octanol–water partition coefficient (Wildman–Crippen LogP) is 1.32. The monoisotopic (exact) mass is 205 g/mol. The van der Waals surface area contributed by atoms with Gasteiger partial charge in [-0.2, -0.15) is 0 Å². The molecule has 4 nitrogen and oxygen atoms in total. The Morgan fingerprint density at radius 3 is 3.07 bits per heavy atom. The molecule has 2 aromatic heterocycles. The molecule has 2 rings (SSSR count). The molecule has 0 atom stereocenters. The van der Waals surface area contributed by atoms with Crippen molar-refractivity contribution >= 4 is 0 Å². The Morgan fingerprint density at radius 2 is 2.40 bits per heavy atom. The van der Waals surface area contributed by atoms with E-state index < -0.39 is 0 Å².